The Bertz CT molecular complexity index is 929. The van der Waals surface area contributed by atoms with E-state index in [9.17, 15) is 14.3 Å². The molecule has 1 N–H and O–H groups in total. The highest BCUT2D eigenvalue weighted by Gasteiger charge is 2.21. The third-order valence-corrected chi connectivity index (χ3v) is 5.95. The molecule has 1 fully saturated rings. The Morgan fingerprint density at radius 3 is 2.52 bits per heavy atom. The van der Waals surface area contributed by atoms with Gasteiger partial charge in [-0.2, -0.15) is 0 Å². The van der Waals surface area contributed by atoms with Crippen LogP contribution in [0.3, 0.4) is 0 Å². The van der Waals surface area contributed by atoms with Crippen LogP contribution in [0.25, 0.3) is 11.1 Å². The molecule has 0 atom stereocenters. The molecule has 0 spiro atoms. The number of hydrogen-bond acceptors (Lipinski definition) is 4. The van der Waals surface area contributed by atoms with E-state index in [4.69, 9.17) is 9.47 Å². The SMILES string of the molecule is C=C(C)C(=O)OCCOc1cc(-c2ccc(C3CCC(C)CC3)cc2F)ccc1CO. The van der Waals surface area contributed by atoms with E-state index in [0.29, 0.717) is 33.9 Å². The fourth-order valence-corrected chi connectivity index (χ4v) is 4.01. The summed E-state index contributed by atoms with van der Waals surface area (Å²) in [7, 11) is 0. The van der Waals surface area contributed by atoms with E-state index < -0.39 is 5.97 Å². The van der Waals surface area contributed by atoms with Crippen LogP contribution < -0.4 is 4.74 Å². The number of halogens is 1. The Kier molecular flexibility index (Phi) is 7.85. The summed E-state index contributed by atoms with van der Waals surface area (Å²) in [5.74, 6) is 0.894. The molecule has 0 amide bonds. The molecule has 1 aliphatic carbocycles. The highest BCUT2D eigenvalue weighted by molar-refractivity contribution is 5.86. The van der Waals surface area contributed by atoms with Gasteiger partial charge in [0, 0.05) is 16.7 Å². The maximum absolute atomic E-state index is 15.0. The summed E-state index contributed by atoms with van der Waals surface area (Å²) in [5.41, 5.74) is 3.14. The first kappa shape index (κ1) is 23.0. The fourth-order valence-electron chi connectivity index (χ4n) is 4.01. The molecule has 0 unspecified atom stereocenters. The van der Waals surface area contributed by atoms with Gasteiger partial charge in [0.2, 0.25) is 0 Å². The van der Waals surface area contributed by atoms with E-state index in [1.165, 1.54) is 12.8 Å². The number of aliphatic hydroxyl groups excluding tert-OH is 1. The maximum Gasteiger partial charge on any atom is 0.333 e. The maximum atomic E-state index is 15.0. The van der Waals surface area contributed by atoms with Crippen molar-refractivity contribution < 1.29 is 23.8 Å². The van der Waals surface area contributed by atoms with Gasteiger partial charge < -0.3 is 14.6 Å². The second kappa shape index (κ2) is 10.6. The zero-order chi connectivity index (χ0) is 22.4. The first-order valence-electron chi connectivity index (χ1n) is 10.9. The molecule has 0 bridgehead atoms. The number of aliphatic hydroxyl groups is 1. The quantitative estimate of drug-likeness (QED) is 0.330. The molecule has 0 saturated heterocycles. The van der Waals surface area contributed by atoms with Crippen LogP contribution in [0.4, 0.5) is 4.39 Å². The molecule has 166 valence electrons. The van der Waals surface area contributed by atoms with E-state index in [1.54, 1.807) is 31.2 Å². The Morgan fingerprint density at radius 1 is 1.13 bits per heavy atom. The summed E-state index contributed by atoms with van der Waals surface area (Å²) in [4.78, 5) is 11.5. The van der Waals surface area contributed by atoms with Crippen LogP contribution in [0.5, 0.6) is 5.75 Å². The molecule has 3 rings (SSSR count). The van der Waals surface area contributed by atoms with Gasteiger partial charge >= 0.3 is 5.97 Å². The number of esters is 1. The third kappa shape index (κ3) is 5.95. The van der Waals surface area contributed by atoms with Crippen molar-refractivity contribution in [2.45, 2.75) is 52.1 Å². The molecule has 1 aliphatic rings. The number of ether oxygens (including phenoxy) is 2. The summed E-state index contributed by atoms with van der Waals surface area (Å²) in [6, 6.07) is 10.7. The lowest BCUT2D eigenvalue weighted by molar-refractivity contribution is -0.139. The zero-order valence-electron chi connectivity index (χ0n) is 18.3. The molecule has 4 nitrogen and oxygen atoms in total. The van der Waals surface area contributed by atoms with E-state index in [0.717, 1.165) is 24.3 Å². The van der Waals surface area contributed by atoms with Crippen LogP contribution in [0, 0.1) is 11.7 Å². The van der Waals surface area contributed by atoms with Gasteiger partial charge in [-0.15, -0.1) is 0 Å². The van der Waals surface area contributed by atoms with E-state index in [2.05, 4.69) is 13.5 Å². The molecule has 0 aliphatic heterocycles. The number of rotatable bonds is 8. The van der Waals surface area contributed by atoms with E-state index in [-0.39, 0.29) is 25.6 Å². The Morgan fingerprint density at radius 2 is 1.87 bits per heavy atom. The van der Waals surface area contributed by atoms with Gasteiger partial charge in [-0.25, -0.2) is 9.18 Å². The number of benzene rings is 2. The van der Waals surface area contributed by atoms with Crippen LogP contribution in [-0.2, 0) is 16.1 Å². The van der Waals surface area contributed by atoms with Crippen molar-refractivity contribution in [3.05, 3.63) is 65.5 Å². The molecule has 2 aromatic rings. The minimum atomic E-state index is -0.477. The van der Waals surface area contributed by atoms with Crippen LogP contribution >= 0.6 is 0 Å². The standard InChI is InChI=1S/C26H31FO4/c1-17(2)26(29)31-13-12-30-25-15-21(8-9-22(25)16-28)23-11-10-20(14-24(23)27)19-6-4-18(3)5-7-19/h8-11,14-15,18-19,28H,1,4-7,12-13,16H2,2-3H3. The van der Waals surface area contributed by atoms with Gasteiger partial charge in [0.05, 0.1) is 6.61 Å². The highest BCUT2D eigenvalue weighted by atomic mass is 19.1. The smallest absolute Gasteiger partial charge is 0.333 e. The van der Waals surface area contributed by atoms with Gasteiger partial charge in [-0.05, 0) is 54.9 Å². The van der Waals surface area contributed by atoms with Gasteiger partial charge in [0.1, 0.15) is 24.8 Å². The number of carbonyl (C=O) groups excluding carboxylic acids is 1. The van der Waals surface area contributed by atoms with Crippen molar-refractivity contribution in [2.24, 2.45) is 5.92 Å². The van der Waals surface area contributed by atoms with E-state index in [1.807, 2.05) is 12.1 Å². The van der Waals surface area contributed by atoms with Gasteiger partial charge in [-0.1, -0.05) is 50.6 Å². The van der Waals surface area contributed by atoms with Crippen molar-refractivity contribution in [3.8, 4) is 16.9 Å². The molecule has 5 heteroatoms. The van der Waals surface area contributed by atoms with E-state index >= 15 is 0 Å². The van der Waals surface area contributed by atoms with Crippen molar-refractivity contribution in [1.82, 2.24) is 0 Å². The Hall–Kier alpha value is -2.66. The summed E-state index contributed by atoms with van der Waals surface area (Å²) < 4.78 is 25.7. The minimum Gasteiger partial charge on any atom is -0.490 e. The number of hydrogen-bond donors (Lipinski definition) is 1. The van der Waals surface area contributed by atoms with Gasteiger partial charge in [0.25, 0.3) is 0 Å². The van der Waals surface area contributed by atoms with Crippen molar-refractivity contribution in [3.63, 3.8) is 0 Å². The summed E-state index contributed by atoms with van der Waals surface area (Å²) in [6.45, 7) is 7.36. The Balaban J connectivity index is 1.72. The summed E-state index contributed by atoms with van der Waals surface area (Å²) in [6.07, 6.45) is 4.61. The lowest BCUT2D eigenvalue weighted by Crippen LogP contribution is -2.13. The topological polar surface area (TPSA) is 55.8 Å². The van der Waals surface area contributed by atoms with Crippen molar-refractivity contribution in [1.29, 1.82) is 0 Å². The molecular weight excluding hydrogens is 395 g/mol. The largest absolute Gasteiger partial charge is 0.490 e. The van der Waals surface area contributed by atoms with Crippen LogP contribution in [-0.4, -0.2) is 24.3 Å². The zero-order valence-corrected chi connectivity index (χ0v) is 18.3. The molecule has 0 aromatic heterocycles. The van der Waals surface area contributed by atoms with Crippen molar-refractivity contribution >= 4 is 5.97 Å². The average molecular weight is 427 g/mol. The first-order valence-corrected chi connectivity index (χ1v) is 10.9. The monoisotopic (exact) mass is 426 g/mol. The molecule has 0 heterocycles. The van der Waals surface area contributed by atoms with Crippen LogP contribution in [0.1, 0.15) is 56.6 Å². The molecule has 31 heavy (non-hydrogen) atoms. The summed E-state index contributed by atoms with van der Waals surface area (Å²) in [5, 5.41) is 9.60. The van der Waals surface area contributed by atoms with Crippen LogP contribution in [0.2, 0.25) is 0 Å². The lowest BCUT2D eigenvalue weighted by Gasteiger charge is -2.26. The average Bonchev–Trinajstić information content (AvgIpc) is 2.76. The molecule has 0 radical (unpaired) electrons. The minimum absolute atomic E-state index is 0.0594. The van der Waals surface area contributed by atoms with Gasteiger partial charge in [-0.3, -0.25) is 0 Å². The molecule has 2 aromatic carbocycles. The number of carbonyl (C=O) groups is 1. The molecule has 1 saturated carbocycles. The predicted octanol–water partition coefficient (Wildman–Crippen LogP) is 5.78. The fraction of sp³-hybridized carbons (Fsp3) is 0.423. The predicted molar refractivity (Wildman–Crippen MR) is 119 cm³/mol. The second-order valence-electron chi connectivity index (χ2n) is 8.44. The normalized spacial score (nSPS) is 18.5. The highest BCUT2D eigenvalue weighted by Crippen LogP contribution is 2.37. The lowest BCUT2D eigenvalue weighted by atomic mass is 9.79. The molecular formula is C26H31FO4. The Labute approximate surface area is 183 Å². The van der Waals surface area contributed by atoms with Crippen molar-refractivity contribution in [2.75, 3.05) is 13.2 Å². The van der Waals surface area contributed by atoms with Crippen LogP contribution in [0.15, 0.2) is 48.6 Å². The first-order chi connectivity index (χ1) is 14.9. The van der Waals surface area contributed by atoms with Gasteiger partial charge in [0.15, 0.2) is 0 Å². The second-order valence-corrected chi connectivity index (χ2v) is 8.44. The summed E-state index contributed by atoms with van der Waals surface area (Å²) >= 11 is 0. The third-order valence-electron chi connectivity index (χ3n) is 5.95.